The summed E-state index contributed by atoms with van der Waals surface area (Å²) in [6.45, 7) is -2.01. The number of phosphoric ester groups is 1. The minimum atomic E-state index is -4.81. The van der Waals surface area contributed by atoms with Crippen LogP contribution in [0.15, 0.2) is 0 Å². The Balaban J connectivity index is 4.23. The molecule has 96 valence electrons. The fraction of sp³-hybridized carbons (Fsp3) is 0.833. The molecule has 16 heavy (non-hydrogen) atoms. The molecular formula is C6H13O9P. The van der Waals surface area contributed by atoms with Crippen LogP contribution in [0.25, 0.3) is 0 Å². The van der Waals surface area contributed by atoms with Gasteiger partial charge in [-0.3, -0.25) is 9.32 Å². The van der Waals surface area contributed by atoms with Crippen molar-refractivity contribution < 1.29 is 44.1 Å². The normalized spacial score (nSPS) is 17.9. The van der Waals surface area contributed by atoms with E-state index in [-0.39, 0.29) is 0 Å². The minimum Gasteiger partial charge on any atom is -0.388 e. The van der Waals surface area contributed by atoms with Crippen LogP contribution < -0.4 is 0 Å². The van der Waals surface area contributed by atoms with Crippen LogP contribution in [0.5, 0.6) is 0 Å². The second-order valence-electron chi connectivity index (χ2n) is 2.91. The summed E-state index contributed by atoms with van der Waals surface area (Å²) in [4.78, 5) is 27.2. The first-order chi connectivity index (χ1) is 7.19. The smallest absolute Gasteiger partial charge is 0.388 e. The first-order valence-corrected chi connectivity index (χ1v) is 5.60. The van der Waals surface area contributed by atoms with Crippen LogP contribution >= 0.6 is 7.82 Å². The van der Waals surface area contributed by atoms with Gasteiger partial charge in [0.2, 0.25) is 0 Å². The third-order valence-corrected chi connectivity index (χ3v) is 2.10. The minimum absolute atomic E-state index is 0.971. The number of phosphoric acid groups is 1. The van der Waals surface area contributed by atoms with Crippen molar-refractivity contribution in [3.63, 3.8) is 0 Å². The number of Topliss-reactive ketones (excluding diaryl/α,β-unsaturated/α-hetero) is 1. The first-order valence-electron chi connectivity index (χ1n) is 4.07. The van der Waals surface area contributed by atoms with E-state index in [2.05, 4.69) is 4.52 Å². The van der Waals surface area contributed by atoms with Crippen molar-refractivity contribution in [2.45, 2.75) is 18.3 Å². The monoisotopic (exact) mass is 260 g/mol. The molecule has 0 aliphatic carbocycles. The number of hydrogen-bond acceptors (Lipinski definition) is 7. The van der Waals surface area contributed by atoms with E-state index in [1.165, 1.54) is 0 Å². The Hall–Kier alpha value is -0.380. The molecule has 0 bridgehead atoms. The molecule has 0 saturated carbocycles. The SMILES string of the molecule is O=C(CO)[C@@H](O)[C@@H](O)[C@H](O)COP(=O)(O)O. The standard InChI is InChI=1S/C6H13O9P/c7-1-3(8)5(10)6(11)4(9)2-15-16(12,13)14/h4-7,9-11H,1-2H2,(H2,12,13,14)/t4-,5-,6+/m1/s1. The van der Waals surface area contributed by atoms with Crippen molar-refractivity contribution in [3.8, 4) is 0 Å². The second kappa shape index (κ2) is 6.38. The summed E-state index contributed by atoms with van der Waals surface area (Å²) >= 11 is 0. The third-order valence-electron chi connectivity index (χ3n) is 1.62. The maximum absolute atomic E-state index is 10.7. The number of aliphatic hydroxyl groups excluding tert-OH is 4. The van der Waals surface area contributed by atoms with Gasteiger partial charge in [0, 0.05) is 0 Å². The molecule has 9 nitrogen and oxygen atoms in total. The lowest BCUT2D eigenvalue weighted by atomic mass is 10.1. The predicted molar refractivity (Wildman–Crippen MR) is 48.1 cm³/mol. The fourth-order valence-electron chi connectivity index (χ4n) is 0.766. The van der Waals surface area contributed by atoms with Gasteiger partial charge >= 0.3 is 7.82 Å². The molecule has 0 aromatic rings. The highest BCUT2D eigenvalue weighted by atomic mass is 31.2. The van der Waals surface area contributed by atoms with Gasteiger partial charge in [0.1, 0.15) is 24.9 Å². The number of ketones is 1. The summed E-state index contributed by atoms with van der Waals surface area (Å²) in [6.07, 6.45) is -5.94. The highest BCUT2D eigenvalue weighted by Crippen LogP contribution is 2.35. The van der Waals surface area contributed by atoms with Crippen molar-refractivity contribution in [3.05, 3.63) is 0 Å². The quantitative estimate of drug-likeness (QED) is 0.258. The van der Waals surface area contributed by atoms with Gasteiger partial charge in [-0.25, -0.2) is 4.57 Å². The highest BCUT2D eigenvalue weighted by molar-refractivity contribution is 7.46. The van der Waals surface area contributed by atoms with E-state index >= 15 is 0 Å². The van der Waals surface area contributed by atoms with Crippen molar-refractivity contribution >= 4 is 13.6 Å². The molecule has 0 unspecified atom stereocenters. The lowest BCUT2D eigenvalue weighted by Gasteiger charge is -2.21. The number of carbonyl (C=O) groups excluding carboxylic acids is 1. The van der Waals surface area contributed by atoms with E-state index < -0.39 is 45.1 Å². The Morgan fingerprint density at radius 1 is 1.25 bits per heavy atom. The molecule has 0 rings (SSSR count). The van der Waals surface area contributed by atoms with E-state index in [1.807, 2.05) is 0 Å². The maximum Gasteiger partial charge on any atom is 0.469 e. The van der Waals surface area contributed by atoms with Gasteiger partial charge in [-0.15, -0.1) is 0 Å². The molecule has 0 saturated heterocycles. The van der Waals surface area contributed by atoms with Crippen LogP contribution in [0.3, 0.4) is 0 Å². The van der Waals surface area contributed by atoms with Crippen LogP contribution in [0, 0.1) is 0 Å². The van der Waals surface area contributed by atoms with Crippen LogP contribution in [0.4, 0.5) is 0 Å². The van der Waals surface area contributed by atoms with E-state index in [4.69, 9.17) is 30.2 Å². The molecule has 3 atom stereocenters. The zero-order chi connectivity index (χ0) is 12.9. The van der Waals surface area contributed by atoms with E-state index in [0.717, 1.165) is 0 Å². The Morgan fingerprint density at radius 3 is 2.12 bits per heavy atom. The Bertz CT molecular complexity index is 273. The van der Waals surface area contributed by atoms with E-state index in [0.29, 0.717) is 0 Å². The Labute approximate surface area is 90.2 Å². The number of carbonyl (C=O) groups is 1. The fourth-order valence-corrected chi connectivity index (χ4v) is 1.11. The summed E-state index contributed by atoms with van der Waals surface area (Å²) in [7, 11) is -4.81. The summed E-state index contributed by atoms with van der Waals surface area (Å²) < 4.78 is 14.1. The topological polar surface area (TPSA) is 165 Å². The molecule has 10 heteroatoms. The van der Waals surface area contributed by atoms with Gasteiger partial charge in [-0.05, 0) is 0 Å². The van der Waals surface area contributed by atoms with Gasteiger partial charge in [0.15, 0.2) is 5.78 Å². The molecular weight excluding hydrogens is 247 g/mol. The number of hydrogen-bond donors (Lipinski definition) is 6. The second-order valence-corrected chi connectivity index (χ2v) is 4.15. The molecule has 0 fully saturated rings. The van der Waals surface area contributed by atoms with Crippen LogP contribution in [-0.2, 0) is 13.9 Å². The molecule has 0 spiro atoms. The molecule has 0 amide bonds. The molecule has 0 aliphatic rings. The van der Waals surface area contributed by atoms with Crippen LogP contribution in [0.1, 0.15) is 0 Å². The molecule has 0 heterocycles. The molecule has 6 N–H and O–H groups in total. The van der Waals surface area contributed by atoms with Crippen LogP contribution in [0.2, 0.25) is 0 Å². The average molecular weight is 260 g/mol. The largest absolute Gasteiger partial charge is 0.469 e. The highest BCUT2D eigenvalue weighted by Gasteiger charge is 2.31. The van der Waals surface area contributed by atoms with Crippen molar-refractivity contribution in [1.29, 1.82) is 0 Å². The number of rotatable bonds is 7. The van der Waals surface area contributed by atoms with Crippen LogP contribution in [-0.4, -0.2) is 67.5 Å². The zero-order valence-electron chi connectivity index (χ0n) is 8.00. The van der Waals surface area contributed by atoms with E-state index in [9.17, 15) is 9.36 Å². The molecule has 0 aromatic carbocycles. The van der Waals surface area contributed by atoms with Gasteiger partial charge in [0.25, 0.3) is 0 Å². The summed E-state index contributed by atoms with van der Waals surface area (Å²) in [6, 6.07) is 0. The van der Waals surface area contributed by atoms with Crippen molar-refractivity contribution in [1.82, 2.24) is 0 Å². The average Bonchev–Trinajstić information content (AvgIpc) is 2.21. The zero-order valence-corrected chi connectivity index (χ0v) is 8.90. The summed E-state index contributed by atoms with van der Waals surface area (Å²) in [5, 5.41) is 35.6. The first kappa shape index (κ1) is 15.6. The Morgan fingerprint density at radius 2 is 1.75 bits per heavy atom. The number of aliphatic hydroxyl groups is 4. The lowest BCUT2D eigenvalue weighted by molar-refractivity contribution is -0.142. The van der Waals surface area contributed by atoms with Gasteiger partial charge in [-0.1, -0.05) is 0 Å². The maximum atomic E-state index is 10.7. The third kappa shape index (κ3) is 5.64. The summed E-state index contributed by atoms with van der Waals surface area (Å²) in [5.41, 5.74) is 0. The predicted octanol–water partition coefficient (Wildman–Crippen LogP) is -3.26. The molecule has 0 aromatic heterocycles. The summed E-state index contributed by atoms with van der Waals surface area (Å²) in [5.74, 6) is -1.14. The van der Waals surface area contributed by atoms with E-state index in [1.54, 1.807) is 0 Å². The van der Waals surface area contributed by atoms with Crippen molar-refractivity contribution in [2.24, 2.45) is 0 Å². The van der Waals surface area contributed by atoms with Gasteiger partial charge < -0.3 is 30.2 Å². The van der Waals surface area contributed by atoms with Crippen molar-refractivity contribution in [2.75, 3.05) is 13.2 Å². The Kier molecular flexibility index (Phi) is 6.23. The van der Waals surface area contributed by atoms with Gasteiger partial charge in [-0.2, -0.15) is 0 Å². The molecule has 0 aliphatic heterocycles. The lowest BCUT2D eigenvalue weighted by Crippen LogP contribution is -2.45. The molecule has 0 radical (unpaired) electrons. The van der Waals surface area contributed by atoms with Gasteiger partial charge in [0.05, 0.1) is 6.61 Å².